The normalized spacial score (nSPS) is 22.4. The van der Waals surface area contributed by atoms with Crippen LogP contribution in [0.3, 0.4) is 0 Å². The number of carboxylic acid groups (broad SMARTS) is 1. The Hall–Kier alpha value is -1.38. The molecule has 0 radical (unpaired) electrons. The van der Waals surface area contributed by atoms with Gasteiger partial charge in [-0.3, -0.25) is 19.3 Å². The van der Waals surface area contributed by atoms with Gasteiger partial charge in [0.2, 0.25) is 11.3 Å². The van der Waals surface area contributed by atoms with Crippen LogP contribution in [0, 0.1) is 0 Å². The fourth-order valence-corrected chi connectivity index (χ4v) is 2.23. The van der Waals surface area contributed by atoms with Gasteiger partial charge in [0.05, 0.1) is 17.9 Å². The minimum absolute atomic E-state index is 0.0171. The van der Waals surface area contributed by atoms with E-state index in [-0.39, 0.29) is 13.0 Å². The van der Waals surface area contributed by atoms with Crippen molar-refractivity contribution in [2.45, 2.75) is 19.0 Å². The summed E-state index contributed by atoms with van der Waals surface area (Å²) < 4.78 is 21.0. The van der Waals surface area contributed by atoms with Crippen LogP contribution >= 0.6 is 0 Å². The van der Waals surface area contributed by atoms with E-state index in [1.807, 2.05) is 0 Å². The monoisotopic (exact) mass is 243 g/mol. The zero-order valence-corrected chi connectivity index (χ0v) is 8.92. The summed E-state index contributed by atoms with van der Waals surface area (Å²) in [5.41, 5.74) is 1.11. The molecule has 0 aromatic carbocycles. The molecule has 2 atom stereocenters. The first kappa shape index (κ1) is 11.1. The van der Waals surface area contributed by atoms with Gasteiger partial charge in [0.1, 0.15) is 6.04 Å². The molecule has 0 aliphatic carbocycles. The Morgan fingerprint density at radius 1 is 1.44 bits per heavy atom. The van der Waals surface area contributed by atoms with Crippen LogP contribution in [0.2, 0.25) is 0 Å². The molecule has 0 bridgehead atoms. The molecule has 1 aliphatic rings. The Morgan fingerprint density at radius 3 is 2.62 bits per heavy atom. The molecular formula is C8H9N3O4S. The summed E-state index contributed by atoms with van der Waals surface area (Å²) in [6.45, 7) is 0.0171. The average molecular weight is 243 g/mol. The molecule has 1 aromatic heterocycles. The van der Waals surface area contributed by atoms with Crippen LogP contribution in [-0.4, -0.2) is 40.2 Å². The number of hydrogen-bond acceptors (Lipinski definition) is 4. The van der Waals surface area contributed by atoms with E-state index in [1.165, 1.54) is 12.4 Å². The van der Waals surface area contributed by atoms with Crippen molar-refractivity contribution in [2.24, 2.45) is 0 Å². The lowest BCUT2D eigenvalue weighted by atomic mass is 10.1. The van der Waals surface area contributed by atoms with Crippen molar-refractivity contribution in [2.75, 3.05) is 0 Å². The number of aliphatic carboxylic acids is 1. The number of fused-ring (bicyclic) bond motifs is 1. The highest BCUT2D eigenvalue weighted by Crippen LogP contribution is 2.20. The lowest BCUT2D eigenvalue weighted by Gasteiger charge is -2.29. The summed E-state index contributed by atoms with van der Waals surface area (Å²) in [4.78, 5) is 19.0. The second kappa shape index (κ2) is 4.24. The van der Waals surface area contributed by atoms with E-state index < -0.39 is 23.3 Å². The molecule has 0 saturated heterocycles. The van der Waals surface area contributed by atoms with Gasteiger partial charge in [0.15, 0.2) is 0 Å². The maximum absolute atomic E-state index is 11.0. The minimum Gasteiger partial charge on any atom is -0.480 e. The summed E-state index contributed by atoms with van der Waals surface area (Å²) in [5.74, 6) is -1.14. The van der Waals surface area contributed by atoms with Gasteiger partial charge in [-0.15, -0.1) is 0 Å². The van der Waals surface area contributed by atoms with E-state index in [1.54, 1.807) is 0 Å². The quantitative estimate of drug-likeness (QED) is 0.674. The second-order valence-electron chi connectivity index (χ2n) is 3.31. The predicted molar refractivity (Wildman–Crippen MR) is 53.5 cm³/mol. The number of hydrogen-bond donors (Lipinski definition) is 2. The molecule has 2 unspecified atom stereocenters. The average Bonchev–Trinajstić information content (AvgIpc) is 2.27. The number of aromatic nitrogens is 2. The Labute approximate surface area is 93.6 Å². The topological polar surface area (TPSA) is 104 Å². The molecule has 1 aromatic rings. The van der Waals surface area contributed by atoms with E-state index in [2.05, 4.69) is 9.97 Å². The molecule has 16 heavy (non-hydrogen) atoms. The molecule has 7 nitrogen and oxygen atoms in total. The third kappa shape index (κ3) is 1.94. The lowest BCUT2D eigenvalue weighted by Crippen LogP contribution is -2.46. The number of rotatable bonds is 2. The lowest BCUT2D eigenvalue weighted by molar-refractivity contribution is -0.141. The molecule has 86 valence electrons. The van der Waals surface area contributed by atoms with Crippen LogP contribution < -0.4 is 0 Å². The Kier molecular flexibility index (Phi) is 2.95. The molecule has 0 spiro atoms. The van der Waals surface area contributed by atoms with E-state index in [0.29, 0.717) is 11.4 Å². The molecule has 2 heterocycles. The Bertz CT molecular complexity index is 412. The van der Waals surface area contributed by atoms with Crippen LogP contribution in [0.4, 0.5) is 0 Å². The van der Waals surface area contributed by atoms with Gasteiger partial charge in [0, 0.05) is 18.8 Å². The minimum atomic E-state index is -2.33. The van der Waals surface area contributed by atoms with Gasteiger partial charge < -0.3 is 5.11 Å². The van der Waals surface area contributed by atoms with E-state index in [4.69, 9.17) is 9.66 Å². The molecule has 0 fully saturated rings. The summed E-state index contributed by atoms with van der Waals surface area (Å²) in [6.07, 6.45) is 3.03. The van der Waals surface area contributed by atoms with Gasteiger partial charge in [-0.1, -0.05) is 0 Å². The maximum Gasteiger partial charge on any atom is 0.322 e. The first-order chi connectivity index (χ1) is 7.59. The van der Waals surface area contributed by atoms with Crippen LogP contribution in [0.15, 0.2) is 12.4 Å². The van der Waals surface area contributed by atoms with Crippen molar-refractivity contribution in [3.05, 3.63) is 23.8 Å². The van der Waals surface area contributed by atoms with Crippen LogP contribution in [-0.2, 0) is 29.0 Å². The Morgan fingerprint density at radius 2 is 2.06 bits per heavy atom. The summed E-state index contributed by atoms with van der Waals surface area (Å²) >= 11 is -2.33. The fourth-order valence-electron chi connectivity index (χ4n) is 1.62. The Balaban J connectivity index is 2.37. The van der Waals surface area contributed by atoms with Gasteiger partial charge in [0.25, 0.3) is 0 Å². The molecule has 1 aliphatic heterocycles. The maximum atomic E-state index is 11.0. The molecular weight excluding hydrogens is 234 g/mol. The first-order valence-corrected chi connectivity index (χ1v) is 5.55. The summed E-state index contributed by atoms with van der Waals surface area (Å²) in [5, 5.41) is 8.95. The third-order valence-corrected chi connectivity index (χ3v) is 3.17. The molecule has 2 rings (SSSR count). The van der Waals surface area contributed by atoms with E-state index in [9.17, 15) is 9.00 Å². The predicted octanol–water partition coefficient (Wildman–Crippen LogP) is -0.575. The van der Waals surface area contributed by atoms with Crippen molar-refractivity contribution < 1.29 is 18.7 Å². The molecule has 0 saturated carbocycles. The van der Waals surface area contributed by atoms with E-state index >= 15 is 0 Å². The first-order valence-electron chi connectivity index (χ1n) is 4.48. The molecule has 2 N–H and O–H groups in total. The SMILES string of the molecule is O=C(O)C1Cc2nccnc2CN1S(=O)O. The van der Waals surface area contributed by atoms with E-state index in [0.717, 1.165) is 4.31 Å². The van der Waals surface area contributed by atoms with Gasteiger partial charge in [-0.25, -0.2) is 4.21 Å². The fraction of sp³-hybridized carbons (Fsp3) is 0.375. The van der Waals surface area contributed by atoms with Crippen molar-refractivity contribution >= 4 is 17.2 Å². The highest BCUT2D eigenvalue weighted by Gasteiger charge is 2.35. The zero-order valence-electron chi connectivity index (χ0n) is 8.11. The van der Waals surface area contributed by atoms with Crippen LogP contribution in [0.1, 0.15) is 11.4 Å². The van der Waals surface area contributed by atoms with Crippen molar-refractivity contribution in [3.63, 3.8) is 0 Å². The number of carboxylic acids is 1. The zero-order chi connectivity index (χ0) is 11.7. The van der Waals surface area contributed by atoms with Crippen LogP contribution in [0.5, 0.6) is 0 Å². The number of nitrogens with zero attached hydrogens (tertiary/aromatic N) is 3. The van der Waals surface area contributed by atoms with Crippen molar-refractivity contribution in [3.8, 4) is 0 Å². The van der Waals surface area contributed by atoms with Crippen molar-refractivity contribution in [1.29, 1.82) is 0 Å². The second-order valence-corrected chi connectivity index (χ2v) is 4.24. The number of carbonyl (C=O) groups is 1. The highest BCUT2D eigenvalue weighted by molar-refractivity contribution is 7.76. The van der Waals surface area contributed by atoms with Crippen molar-refractivity contribution in [1.82, 2.24) is 14.3 Å². The molecule has 0 amide bonds. The van der Waals surface area contributed by atoms with Gasteiger partial charge in [-0.2, -0.15) is 4.31 Å². The van der Waals surface area contributed by atoms with Gasteiger partial charge in [-0.05, 0) is 0 Å². The van der Waals surface area contributed by atoms with Crippen LogP contribution in [0.25, 0.3) is 0 Å². The molecule has 8 heteroatoms. The highest BCUT2D eigenvalue weighted by atomic mass is 32.2. The summed E-state index contributed by atoms with van der Waals surface area (Å²) in [7, 11) is 0. The largest absolute Gasteiger partial charge is 0.480 e. The standard InChI is InChI=1S/C8H9N3O4S/c12-8(13)7-3-5-6(10-2-1-9-5)4-11(7)16(14)15/h1-2,7H,3-4H2,(H,12,13)(H,14,15). The summed E-state index contributed by atoms with van der Waals surface area (Å²) in [6, 6.07) is -1.03. The van der Waals surface area contributed by atoms with Gasteiger partial charge >= 0.3 is 5.97 Å². The smallest absolute Gasteiger partial charge is 0.322 e. The third-order valence-electron chi connectivity index (χ3n) is 2.39.